The summed E-state index contributed by atoms with van der Waals surface area (Å²) in [4.78, 5) is 7.17. The summed E-state index contributed by atoms with van der Waals surface area (Å²) in [5.41, 5.74) is 0.333. The lowest BCUT2D eigenvalue weighted by molar-refractivity contribution is -0.0668. The molecule has 1 aliphatic rings. The highest BCUT2D eigenvalue weighted by atomic mass is 16.5. The van der Waals surface area contributed by atoms with Crippen molar-refractivity contribution in [3.05, 3.63) is 11.6 Å². The van der Waals surface area contributed by atoms with Crippen LogP contribution in [0.3, 0.4) is 0 Å². The minimum atomic E-state index is 0.0654. The van der Waals surface area contributed by atoms with Crippen LogP contribution < -0.4 is 5.32 Å². The molecule has 1 aromatic rings. The topological polar surface area (TPSA) is 67.6 Å². The van der Waals surface area contributed by atoms with Crippen LogP contribution in [-0.4, -0.2) is 58.0 Å². The third-order valence-electron chi connectivity index (χ3n) is 5.50. The second-order valence-electron chi connectivity index (χ2n) is 7.66. The van der Waals surface area contributed by atoms with Gasteiger partial charge in [0.2, 0.25) is 0 Å². The maximum absolute atomic E-state index is 5.13. The number of hydrogen-bond donors (Lipinski definition) is 1. The van der Waals surface area contributed by atoms with E-state index in [4.69, 9.17) is 9.73 Å². The predicted octanol–water partition coefficient (Wildman–Crippen LogP) is 1.73. The van der Waals surface area contributed by atoms with Crippen LogP contribution >= 0.6 is 0 Å². The first kappa shape index (κ1) is 18.7. The SMILES string of the molecule is COCCCNC(=NCc1nnc(C)n1C)N1CC(C)(C)C1(C)C. The molecule has 1 N–H and O–H groups in total. The van der Waals surface area contributed by atoms with Crippen molar-refractivity contribution in [3.63, 3.8) is 0 Å². The Morgan fingerprint density at radius 2 is 2.00 bits per heavy atom. The maximum Gasteiger partial charge on any atom is 0.194 e. The first-order chi connectivity index (χ1) is 11.2. The fraction of sp³-hybridized carbons (Fsp3) is 0.824. The molecule has 2 rings (SSSR count). The largest absolute Gasteiger partial charge is 0.385 e. The molecule has 2 heterocycles. The third kappa shape index (κ3) is 3.55. The number of methoxy groups -OCH3 is 1. The number of nitrogens with zero attached hydrogens (tertiary/aromatic N) is 5. The van der Waals surface area contributed by atoms with E-state index >= 15 is 0 Å². The molecule has 0 aliphatic carbocycles. The van der Waals surface area contributed by atoms with Crippen molar-refractivity contribution in [1.82, 2.24) is 25.0 Å². The zero-order valence-corrected chi connectivity index (χ0v) is 16.2. The lowest BCUT2D eigenvalue weighted by atomic mass is 9.65. The van der Waals surface area contributed by atoms with Crippen LogP contribution in [0.5, 0.6) is 0 Å². The van der Waals surface area contributed by atoms with Gasteiger partial charge < -0.3 is 19.5 Å². The zero-order chi connectivity index (χ0) is 18.0. The number of aryl methyl sites for hydroxylation is 1. The molecular weight excluding hydrogens is 304 g/mol. The third-order valence-corrected chi connectivity index (χ3v) is 5.50. The maximum atomic E-state index is 5.13. The number of likely N-dealkylation sites (tertiary alicyclic amines) is 1. The summed E-state index contributed by atoms with van der Waals surface area (Å²) in [5, 5.41) is 11.8. The fourth-order valence-electron chi connectivity index (χ4n) is 2.79. The molecule has 24 heavy (non-hydrogen) atoms. The van der Waals surface area contributed by atoms with Gasteiger partial charge in [-0.25, -0.2) is 4.99 Å². The predicted molar refractivity (Wildman–Crippen MR) is 95.9 cm³/mol. The highest BCUT2D eigenvalue weighted by Crippen LogP contribution is 2.46. The highest BCUT2D eigenvalue weighted by Gasteiger charge is 2.53. The van der Waals surface area contributed by atoms with E-state index in [-0.39, 0.29) is 11.0 Å². The zero-order valence-electron chi connectivity index (χ0n) is 16.2. The Labute approximate surface area is 145 Å². The lowest BCUT2D eigenvalue weighted by Crippen LogP contribution is -2.72. The normalized spacial score (nSPS) is 19.3. The Hall–Kier alpha value is -1.63. The van der Waals surface area contributed by atoms with Crippen molar-refractivity contribution in [3.8, 4) is 0 Å². The van der Waals surface area contributed by atoms with Crippen LogP contribution in [0.2, 0.25) is 0 Å². The Bertz CT molecular complexity index is 590. The van der Waals surface area contributed by atoms with E-state index in [2.05, 4.69) is 48.1 Å². The van der Waals surface area contributed by atoms with Crippen molar-refractivity contribution < 1.29 is 4.74 Å². The molecule has 0 spiro atoms. The molecule has 1 aliphatic heterocycles. The smallest absolute Gasteiger partial charge is 0.194 e. The first-order valence-corrected chi connectivity index (χ1v) is 8.60. The monoisotopic (exact) mass is 336 g/mol. The molecule has 7 nitrogen and oxygen atoms in total. The van der Waals surface area contributed by atoms with E-state index < -0.39 is 0 Å². The minimum Gasteiger partial charge on any atom is -0.385 e. The van der Waals surface area contributed by atoms with E-state index in [1.54, 1.807) is 7.11 Å². The van der Waals surface area contributed by atoms with E-state index in [1.165, 1.54) is 0 Å². The van der Waals surface area contributed by atoms with Gasteiger partial charge in [-0.3, -0.25) is 0 Å². The number of ether oxygens (including phenoxy) is 1. The average molecular weight is 336 g/mol. The van der Waals surface area contributed by atoms with E-state index in [1.807, 2.05) is 18.5 Å². The molecule has 1 aromatic heterocycles. The molecular formula is C17H32N6O. The summed E-state index contributed by atoms with van der Waals surface area (Å²) < 4.78 is 7.11. The molecule has 0 aromatic carbocycles. The lowest BCUT2D eigenvalue weighted by Gasteiger charge is -2.62. The Kier molecular flexibility index (Phi) is 5.52. The van der Waals surface area contributed by atoms with Gasteiger partial charge in [0.15, 0.2) is 11.8 Å². The standard InChI is InChI=1S/C17H32N6O/c1-13-20-21-14(22(13)6)11-19-15(18-9-8-10-24-7)23-12-16(2,3)17(23,4)5/h8-12H2,1-7H3,(H,18,19). The van der Waals surface area contributed by atoms with Gasteiger partial charge in [-0.2, -0.15) is 0 Å². The van der Waals surface area contributed by atoms with Gasteiger partial charge in [-0.15, -0.1) is 10.2 Å². The summed E-state index contributed by atoms with van der Waals surface area (Å²) in [6.45, 7) is 14.2. The quantitative estimate of drug-likeness (QED) is 0.487. The van der Waals surface area contributed by atoms with Gasteiger partial charge in [0.25, 0.3) is 0 Å². The molecule has 0 atom stereocenters. The summed E-state index contributed by atoms with van der Waals surface area (Å²) in [6.07, 6.45) is 0.955. The van der Waals surface area contributed by atoms with Crippen LogP contribution in [0.4, 0.5) is 0 Å². The average Bonchev–Trinajstić information content (AvgIpc) is 2.84. The van der Waals surface area contributed by atoms with Gasteiger partial charge in [-0.05, 0) is 27.2 Å². The number of nitrogens with one attached hydrogen (secondary N) is 1. The molecule has 0 radical (unpaired) electrons. The van der Waals surface area contributed by atoms with Crippen molar-refractivity contribution in [2.45, 2.75) is 53.1 Å². The number of aromatic nitrogens is 3. The summed E-state index contributed by atoms with van der Waals surface area (Å²) in [5.74, 6) is 2.72. The summed E-state index contributed by atoms with van der Waals surface area (Å²) in [6, 6.07) is 0. The van der Waals surface area contributed by atoms with Crippen LogP contribution in [0.25, 0.3) is 0 Å². The van der Waals surface area contributed by atoms with Gasteiger partial charge in [0.1, 0.15) is 12.4 Å². The molecule has 0 saturated carbocycles. The second kappa shape index (κ2) is 7.09. The molecule has 7 heteroatoms. The molecule has 0 unspecified atom stereocenters. The van der Waals surface area contributed by atoms with E-state index in [0.717, 1.165) is 43.7 Å². The van der Waals surface area contributed by atoms with Crippen LogP contribution in [0.1, 0.15) is 45.8 Å². The van der Waals surface area contributed by atoms with Crippen LogP contribution in [0, 0.1) is 12.3 Å². The van der Waals surface area contributed by atoms with Crippen molar-refractivity contribution >= 4 is 5.96 Å². The number of guanidine groups is 1. The fourth-order valence-corrected chi connectivity index (χ4v) is 2.79. The Morgan fingerprint density at radius 1 is 1.29 bits per heavy atom. The van der Waals surface area contributed by atoms with E-state index in [9.17, 15) is 0 Å². The highest BCUT2D eigenvalue weighted by molar-refractivity contribution is 5.82. The molecule has 0 amide bonds. The summed E-state index contributed by atoms with van der Waals surface area (Å²) >= 11 is 0. The second-order valence-corrected chi connectivity index (χ2v) is 7.66. The van der Waals surface area contributed by atoms with Gasteiger partial charge in [0, 0.05) is 44.8 Å². The van der Waals surface area contributed by atoms with E-state index in [0.29, 0.717) is 6.54 Å². The first-order valence-electron chi connectivity index (χ1n) is 8.60. The molecule has 1 fully saturated rings. The minimum absolute atomic E-state index is 0.0654. The van der Waals surface area contributed by atoms with Crippen molar-refractivity contribution in [2.75, 3.05) is 26.8 Å². The van der Waals surface area contributed by atoms with Crippen molar-refractivity contribution in [1.29, 1.82) is 0 Å². The van der Waals surface area contributed by atoms with Crippen molar-refractivity contribution in [2.24, 2.45) is 17.5 Å². The Balaban J connectivity index is 2.11. The van der Waals surface area contributed by atoms with Gasteiger partial charge in [0.05, 0.1) is 0 Å². The van der Waals surface area contributed by atoms with Gasteiger partial charge >= 0.3 is 0 Å². The summed E-state index contributed by atoms with van der Waals surface area (Å²) in [7, 11) is 3.70. The Morgan fingerprint density at radius 3 is 2.50 bits per heavy atom. The number of aliphatic imine (C=N–C) groups is 1. The molecule has 0 bridgehead atoms. The van der Waals surface area contributed by atoms with Crippen LogP contribution in [0.15, 0.2) is 4.99 Å². The van der Waals surface area contributed by atoms with Gasteiger partial charge in [-0.1, -0.05) is 13.8 Å². The van der Waals surface area contributed by atoms with Crippen LogP contribution in [-0.2, 0) is 18.3 Å². The number of hydrogen-bond acceptors (Lipinski definition) is 4. The molecule has 136 valence electrons. The number of rotatable bonds is 6. The molecule has 1 saturated heterocycles.